The molecule has 2 rings (SSSR count). The van der Waals surface area contributed by atoms with E-state index in [1.807, 2.05) is 26.0 Å². The number of rotatable bonds is 4. The number of sulfonamides is 1. The van der Waals surface area contributed by atoms with E-state index in [-0.39, 0.29) is 0 Å². The van der Waals surface area contributed by atoms with Gasteiger partial charge in [0.1, 0.15) is 0 Å². The van der Waals surface area contributed by atoms with E-state index >= 15 is 0 Å². The molecular weight excluding hydrogens is 258 g/mol. The van der Waals surface area contributed by atoms with Gasteiger partial charge in [-0.1, -0.05) is 17.7 Å². The van der Waals surface area contributed by atoms with E-state index in [4.69, 9.17) is 11.6 Å². The van der Waals surface area contributed by atoms with Crippen LogP contribution < -0.4 is 4.72 Å². The zero-order valence-corrected chi connectivity index (χ0v) is 11.5. The van der Waals surface area contributed by atoms with Crippen LogP contribution in [0.15, 0.2) is 23.1 Å². The fourth-order valence-corrected chi connectivity index (χ4v) is 3.95. The minimum Gasteiger partial charge on any atom is -0.207 e. The van der Waals surface area contributed by atoms with Gasteiger partial charge in [-0.2, -0.15) is 0 Å². The number of nitrogens with one attached hydrogen (secondary N) is 1. The molecule has 0 bridgehead atoms. The first-order valence-electron chi connectivity index (χ1n) is 5.56. The minimum atomic E-state index is -3.45. The smallest absolute Gasteiger partial charge is 0.207 e. The van der Waals surface area contributed by atoms with Gasteiger partial charge in [-0.15, -0.1) is 11.6 Å². The molecule has 0 spiro atoms. The van der Waals surface area contributed by atoms with Gasteiger partial charge in [-0.05, 0) is 38.3 Å². The standard InChI is InChI=1S/C12H16ClNO2S/c1-9-3-4-11(10(2)7-9)17(15,16)14-12(8-13)5-6-12/h3-4,7,14H,5-6,8H2,1-2H3. The molecule has 17 heavy (non-hydrogen) atoms. The van der Waals surface area contributed by atoms with Crippen molar-refractivity contribution in [3.05, 3.63) is 29.3 Å². The number of alkyl halides is 1. The summed E-state index contributed by atoms with van der Waals surface area (Å²) < 4.78 is 27.1. The Labute approximate surface area is 107 Å². The predicted molar refractivity (Wildman–Crippen MR) is 68.9 cm³/mol. The first-order valence-corrected chi connectivity index (χ1v) is 7.58. The molecule has 3 nitrogen and oxygen atoms in total. The lowest BCUT2D eigenvalue weighted by atomic mass is 10.2. The van der Waals surface area contributed by atoms with E-state index in [0.29, 0.717) is 10.8 Å². The van der Waals surface area contributed by atoms with Gasteiger partial charge in [0.15, 0.2) is 0 Å². The number of hydrogen-bond acceptors (Lipinski definition) is 2. The molecule has 1 aromatic rings. The zero-order chi connectivity index (χ0) is 12.7. The Morgan fingerprint density at radius 1 is 1.35 bits per heavy atom. The predicted octanol–water partition coefficient (Wildman–Crippen LogP) is 2.35. The minimum absolute atomic E-state index is 0.330. The first kappa shape index (κ1) is 12.9. The molecule has 0 aliphatic heterocycles. The van der Waals surface area contributed by atoms with Crippen molar-refractivity contribution in [2.45, 2.75) is 37.1 Å². The van der Waals surface area contributed by atoms with Crippen LogP contribution in [0.25, 0.3) is 0 Å². The second-order valence-corrected chi connectivity index (χ2v) is 6.71. The van der Waals surface area contributed by atoms with Gasteiger partial charge < -0.3 is 0 Å². The van der Waals surface area contributed by atoms with Gasteiger partial charge in [0, 0.05) is 11.4 Å². The summed E-state index contributed by atoms with van der Waals surface area (Å²) in [6, 6.07) is 5.33. The summed E-state index contributed by atoms with van der Waals surface area (Å²) in [5.41, 5.74) is 1.42. The van der Waals surface area contributed by atoms with Gasteiger partial charge >= 0.3 is 0 Å². The fourth-order valence-electron chi connectivity index (χ4n) is 1.85. The third-order valence-corrected chi connectivity index (χ3v) is 5.33. The molecule has 1 aliphatic rings. The van der Waals surface area contributed by atoms with Crippen molar-refractivity contribution in [2.75, 3.05) is 5.88 Å². The Morgan fingerprint density at radius 3 is 2.47 bits per heavy atom. The van der Waals surface area contributed by atoms with E-state index in [1.165, 1.54) is 0 Å². The van der Waals surface area contributed by atoms with Crippen LogP contribution in [-0.2, 0) is 10.0 Å². The van der Waals surface area contributed by atoms with Crippen molar-refractivity contribution in [2.24, 2.45) is 0 Å². The summed E-state index contributed by atoms with van der Waals surface area (Å²) in [6.07, 6.45) is 1.64. The normalized spacial score (nSPS) is 18.1. The van der Waals surface area contributed by atoms with Crippen LogP contribution in [0.2, 0.25) is 0 Å². The third kappa shape index (κ3) is 2.64. The van der Waals surface area contributed by atoms with Crippen LogP contribution in [0, 0.1) is 13.8 Å². The molecule has 94 valence electrons. The van der Waals surface area contributed by atoms with Crippen LogP contribution in [-0.4, -0.2) is 19.8 Å². The van der Waals surface area contributed by atoms with Crippen molar-refractivity contribution in [3.63, 3.8) is 0 Å². The lowest BCUT2D eigenvalue weighted by Crippen LogP contribution is -2.38. The average Bonchev–Trinajstić information content (AvgIpc) is 2.97. The van der Waals surface area contributed by atoms with Gasteiger partial charge in [0.05, 0.1) is 4.90 Å². The van der Waals surface area contributed by atoms with Crippen molar-refractivity contribution in [1.82, 2.24) is 4.72 Å². The SMILES string of the molecule is Cc1ccc(S(=O)(=O)NC2(CCl)CC2)c(C)c1. The zero-order valence-electron chi connectivity index (χ0n) is 9.96. The van der Waals surface area contributed by atoms with Crippen molar-refractivity contribution in [3.8, 4) is 0 Å². The lowest BCUT2D eigenvalue weighted by Gasteiger charge is -2.15. The summed E-state index contributed by atoms with van der Waals surface area (Å²) in [4.78, 5) is 0.347. The quantitative estimate of drug-likeness (QED) is 0.856. The summed E-state index contributed by atoms with van der Waals surface area (Å²) in [5.74, 6) is 0.330. The van der Waals surface area contributed by atoms with Crippen molar-refractivity contribution in [1.29, 1.82) is 0 Å². The molecular formula is C12H16ClNO2S. The molecule has 5 heteroatoms. The maximum absolute atomic E-state index is 12.2. The number of aryl methyl sites for hydroxylation is 2. The van der Waals surface area contributed by atoms with E-state index in [0.717, 1.165) is 24.0 Å². The highest BCUT2D eigenvalue weighted by Gasteiger charge is 2.45. The van der Waals surface area contributed by atoms with E-state index in [1.54, 1.807) is 6.07 Å². The molecule has 0 heterocycles. The van der Waals surface area contributed by atoms with Crippen LogP contribution in [0.5, 0.6) is 0 Å². The topological polar surface area (TPSA) is 46.2 Å². The van der Waals surface area contributed by atoms with Crippen LogP contribution in [0.4, 0.5) is 0 Å². The Balaban J connectivity index is 2.32. The Bertz CT molecular complexity index is 535. The van der Waals surface area contributed by atoms with Crippen LogP contribution >= 0.6 is 11.6 Å². The van der Waals surface area contributed by atoms with Crippen molar-refractivity contribution < 1.29 is 8.42 Å². The molecule has 0 amide bonds. The molecule has 1 saturated carbocycles. The number of hydrogen-bond donors (Lipinski definition) is 1. The molecule has 1 fully saturated rings. The maximum atomic E-state index is 12.2. The monoisotopic (exact) mass is 273 g/mol. The largest absolute Gasteiger partial charge is 0.241 e. The highest BCUT2D eigenvalue weighted by molar-refractivity contribution is 7.89. The molecule has 1 aliphatic carbocycles. The molecule has 1 aromatic carbocycles. The Kier molecular flexibility index (Phi) is 3.23. The maximum Gasteiger partial charge on any atom is 0.241 e. The van der Waals surface area contributed by atoms with E-state index < -0.39 is 15.6 Å². The van der Waals surface area contributed by atoms with Gasteiger partial charge in [-0.25, -0.2) is 13.1 Å². The third-order valence-electron chi connectivity index (χ3n) is 3.08. The fraction of sp³-hybridized carbons (Fsp3) is 0.500. The average molecular weight is 274 g/mol. The Hall–Kier alpha value is -0.580. The molecule has 0 atom stereocenters. The first-order chi connectivity index (χ1) is 7.88. The molecule has 0 radical (unpaired) electrons. The van der Waals surface area contributed by atoms with Crippen LogP contribution in [0.1, 0.15) is 24.0 Å². The van der Waals surface area contributed by atoms with Gasteiger partial charge in [0.25, 0.3) is 0 Å². The molecule has 0 aromatic heterocycles. The van der Waals surface area contributed by atoms with Crippen LogP contribution in [0.3, 0.4) is 0 Å². The highest BCUT2D eigenvalue weighted by atomic mass is 35.5. The van der Waals surface area contributed by atoms with E-state index in [2.05, 4.69) is 4.72 Å². The summed E-state index contributed by atoms with van der Waals surface area (Å²) in [7, 11) is -3.45. The van der Waals surface area contributed by atoms with Gasteiger partial charge in [0.2, 0.25) is 10.0 Å². The van der Waals surface area contributed by atoms with E-state index in [9.17, 15) is 8.42 Å². The second-order valence-electron chi connectivity index (χ2n) is 4.79. The van der Waals surface area contributed by atoms with Gasteiger partial charge in [-0.3, -0.25) is 0 Å². The number of benzene rings is 1. The summed E-state index contributed by atoms with van der Waals surface area (Å²) in [6.45, 7) is 3.75. The molecule has 0 saturated heterocycles. The summed E-state index contributed by atoms with van der Waals surface area (Å²) in [5, 5.41) is 0. The molecule has 1 N–H and O–H groups in total. The number of halogens is 1. The summed E-state index contributed by atoms with van der Waals surface area (Å²) >= 11 is 5.79. The van der Waals surface area contributed by atoms with Crippen molar-refractivity contribution >= 4 is 21.6 Å². The molecule has 0 unspecified atom stereocenters. The lowest BCUT2D eigenvalue weighted by molar-refractivity contribution is 0.559. The second kappa shape index (κ2) is 4.26. The highest BCUT2D eigenvalue weighted by Crippen LogP contribution is 2.38. The Morgan fingerprint density at radius 2 is 2.00 bits per heavy atom.